The zero-order valence-electron chi connectivity index (χ0n) is 12.0. The minimum atomic E-state index is -0.958. The zero-order valence-corrected chi connectivity index (χ0v) is 12.0. The van der Waals surface area contributed by atoms with Gasteiger partial charge in [-0.05, 0) is 12.5 Å². The second kappa shape index (κ2) is 5.80. The van der Waals surface area contributed by atoms with Crippen molar-refractivity contribution in [1.82, 2.24) is 0 Å². The van der Waals surface area contributed by atoms with Crippen molar-refractivity contribution in [3.05, 3.63) is 71.8 Å². The van der Waals surface area contributed by atoms with Crippen molar-refractivity contribution in [2.45, 2.75) is 25.2 Å². The van der Waals surface area contributed by atoms with E-state index in [1.165, 1.54) is 0 Å². The summed E-state index contributed by atoms with van der Waals surface area (Å²) >= 11 is 0. The summed E-state index contributed by atoms with van der Waals surface area (Å²) < 4.78 is 11.5. The Morgan fingerprint density at radius 1 is 1.05 bits per heavy atom. The fourth-order valence-electron chi connectivity index (χ4n) is 2.79. The molecule has 0 aliphatic carbocycles. The van der Waals surface area contributed by atoms with Gasteiger partial charge in [0.2, 0.25) is 0 Å². The largest absolute Gasteiger partial charge is 0.353 e. The van der Waals surface area contributed by atoms with Crippen LogP contribution >= 0.6 is 0 Å². The summed E-state index contributed by atoms with van der Waals surface area (Å²) in [7, 11) is 0. The first-order valence-electron chi connectivity index (χ1n) is 7.17. The van der Waals surface area contributed by atoms with E-state index >= 15 is 0 Å². The molecule has 0 N–H and O–H groups in total. The van der Waals surface area contributed by atoms with Crippen LogP contribution in [0.4, 0.5) is 0 Å². The Morgan fingerprint density at radius 2 is 1.67 bits per heavy atom. The molecule has 0 amide bonds. The Balaban J connectivity index is 2.07. The first-order valence-corrected chi connectivity index (χ1v) is 7.17. The van der Waals surface area contributed by atoms with Crippen LogP contribution < -0.4 is 0 Å². The summed E-state index contributed by atoms with van der Waals surface area (Å²) in [4.78, 5) is 13.1. The number of carbonyl (C=O) groups is 1. The van der Waals surface area contributed by atoms with Gasteiger partial charge < -0.3 is 9.47 Å². The van der Waals surface area contributed by atoms with E-state index in [1.54, 1.807) is 0 Å². The monoisotopic (exact) mass is 282 g/mol. The van der Waals surface area contributed by atoms with E-state index in [2.05, 4.69) is 0 Å². The summed E-state index contributed by atoms with van der Waals surface area (Å²) in [5.74, 6) is -0.00977. The second-order valence-corrected chi connectivity index (χ2v) is 5.19. The van der Waals surface area contributed by atoms with Gasteiger partial charge in [0.05, 0.1) is 6.61 Å². The number of rotatable bonds is 3. The van der Waals surface area contributed by atoms with Crippen LogP contribution in [-0.4, -0.2) is 18.7 Å². The molecule has 2 aromatic rings. The molecule has 108 valence electrons. The molecule has 2 atom stereocenters. The lowest BCUT2D eigenvalue weighted by Gasteiger charge is -2.39. The third kappa shape index (κ3) is 2.62. The molecule has 1 heterocycles. The maximum Gasteiger partial charge on any atom is 0.199 e. The highest BCUT2D eigenvalue weighted by atomic mass is 16.7. The lowest BCUT2D eigenvalue weighted by molar-refractivity contribution is -0.233. The predicted octanol–water partition coefficient (Wildman–Crippen LogP) is 3.55. The van der Waals surface area contributed by atoms with Gasteiger partial charge in [-0.25, -0.2) is 0 Å². The van der Waals surface area contributed by atoms with Crippen molar-refractivity contribution < 1.29 is 14.3 Å². The molecule has 3 rings (SSSR count). The Hall–Kier alpha value is -1.97. The van der Waals surface area contributed by atoms with E-state index in [0.29, 0.717) is 18.6 Å². The van der Waals surface area contributed by atoms with Crippen molar-refractivity contribution in [3.8, 4) is 0 Å². The molecule has 0 spiro atoms. The van der Waals surface area contributed by atoms with E-state index in [-0.39, 0.29) is 5.78 Å². The average molecular weight is 282 g/mol. The number of hydrogen-bond acceptors (Lipinski definition) is 3. The summed E-state index contributed by atoms with van der Waals surface area (Å²) in [5.41, 5.74) is 0.588. The molecule has 0 saturated carbocycles. The molecule has 0 bridgehead atoms. The summed E-state index contributed by atoms with van der Waals surface area (Å²) in [5, 5.41) is 0. The average Bonchev–Trinajstić information content (AvgIpc) is 2.55. The molecule has 1 aliphatic heterocycles. The molecule has 2 aromatic carbocycles. The maximum atomic E-state index is 13.1. The van der Waals surface area contributed by atoms with Gasteiger partial charge in [0.1, 0.15) is 0 Å². The molecular formula is C18H18O3. The Labute approximate surface area is 124 Å². The van der Waals surface area contributed by atoms with E-state index in [0.717, 1.165) is 5.56 Å². The molecular weight excluding hydrogens is 264 g/mol. The highest BCUT2D eigenvalue weighted by Crippen LogP contribution is 2.37. The normalized spacial score (nSPS) is 25.5. The lowest BCUT2D eigenvalue weighted by atomic mass is 9.82. The van der Waals surface area contributed by atoms with Crippen LogP contribution in [0, 0.1) is 0 Å². The maximum absolute atomic E-state index is 13.1. The smallest absolute Gasteiger partial charge is 0.199 e. The molecule has 1 saturated heterocycles. The summed E-state index contributed by atoms with van der Waals surface area (Å²) in [6, 6.07) is 19.0. The molecule has 1 aliphatic rings. The van der Waals surface area contributed by atoms with Gasteiger partial charge in [0.15, 0.2) is 17.7 Å². The number of ketones is 1. The number of benzene rings is 2. The standard InChI is InChI=1S/C18H18O3/c1-14-20-13-12-18(21-14,16-10-6-3-7-11-16)17(19)15-8-4-2-5-9-15/h2-11,14H,12-13H2,1H3. The van der Waals surface area contributed by atoms with Gasteiger partial charge in [-0.15, -0.1) is 0 Å². The van der Waals surface area contributed by atoms with Gasteiger partial charge in [0.25, 0.3) is 0 Å². The van der Waals surface area contributed by atoms with Crippen LogP contribution in [0.5, 0.6) is 0 Å². The quantitative estimate of drug-likeness (QED) is 0.808. The van der Waals surface area contributed by atoms with E-state index in [1.807, 2.05) is 67.6 Å². The highest BCUT2D eigenvalue weighted by molar-refractivity contribution is 6.03. The SMILES string of the molecule is CC1OCCC(C(=O)c2ccccc2)(c2ccccc2)O1. The second-order valence-electron chi connectivity index (χ2n) is 5.19. The Morgan fingerprint density at radius 3 is 2.29 bits per heavy atom. The van der Waals surface area contributed by atoms with Crippen LogP contribution in [0.2, 0.25) is 0 Å². The van der Waals surface area contributed by atoms with Crippen LogP contribution in [0.3, 0.4) is 0 Å². The van der Waals surface area contributed by atoms with Gasteiger partial charge in [-0.3, -0.25) is 4.79 Å². The number of carbonyl (C=O) groups excluding carboxylic acids is 1. The third-order valence-corrected chi connectivity index (χ3v) is 3.82. The van der Waals surface area contributed by atoms with Gasteiger partial charge in [-0.2, -0.15) is 0 Å². The Kier molecular flexibility index (Phi) is 3.86. The van der Waals surface area contributed by atoms with Crippen LogP contribution in [0.1, 0.15) is 29.3 Å². The molecule has 0 aromatic heterocycles. The van der Waals surface area contributed by atoms with Crippen LogP contribution in [0.15, 0.2) is 60.7 Å². The van der Waals surface area contributed by atoms with Gasteiger partial charge >= 0.3 is 0 Å². The molecule has 0 radical (unpaired) electrons. The van der Waals surface area contributed by atoms with Gasteiger partial charge in [0, 0.05) is 12.0 Å². The highest BCUT2D eigenvalue weighted by Gasteiger charge is 2.45. The molecule has 1 fully saturated rings. The lowest BCUT2D eigenvalue weighted by Crippen LogP contribution is -2.46. The minimum absolute atomic E-state index is 0.00977. The third-order valence-electron chi connectivity index (χ3n) is 3.82. The van der Waals surface area contributed by atoms with Crippen molar-refractivity contribution in [2.75, 3.05) is 6.61 Å². The fourth-order valence-corrected chi connectivity index (χ4v) is 2.79. The predicted molar refractivity (Wildman–Crippen MR) is 80.0 cm³/mol. The van der Waals surface area contributed by atoms with Gasteiger partial charge in [-0.1, -0.05) is 60.7 Å². The van der Waals surface area contributed by atoms with Crippen molar-refractivity contribution in [2.24, 2.45) is 0 Å². The number of hydrogen-bond donors (Lipinski definition) is 0. The van der Waals surface area contributed by atoms with Crippen molar-refractivity contribution >= 4 is 5.78 Å². The van der Waals surface area contributed by atoms with E-state index < -0.39 is 11.9 Å². The number of Topliss-reactive ketones (excluding diaryl/α,β-unsaturated/α-hetero) is 1. The first kappa shape index (κ1) is 14.0. The molecule has 3 nitrogen and oxygen atoms in total. The van der Waals surface area contributed by atoms with Crippen LogP contribution in [0.25, 0.3) is 0 Å². The number of ether oxygens (including phenoxy) is 2. The van der Waals surface area contributed by atoms with E-state index in [4.69, 9.17) is 9.47 Å². The first-order chi connectivity index (χ1) is 10.2. The Bertz CT molecular complexity index is 609. The van der Waals surface area contributed by atoms with Crippen LogP contribution in [-0.2, 0) is 15.1 Å². The molecule has 3 heteroatoms. The summed E-state index contributed by atoms with van der Waals surface area (Å²) in [6.07, 6.45) is 0.126. The molecule has 21 heavy (non-hydrogen) atoms. The van der Waals surface area contributed by atoms with E-state index in [9.17, 15) is 4.79 Å². The molecule has 2 unspecified atom stereocenters. The minimum Gasteiger partial charge on any atom is -0.353 e. The zero-order chi connectivity index (χ0) is 14.7. The summed E-state index contributed by atoms with van der Waals surface area (Å²) in [6.45, 7) is 2.34. The van der Waals surface area contributed by atoms with Crippen molar-refractivity contribution in [1.29, 1.82) is 0 Å². The van der Waals surface area contributed by atoms with Crippen molar-refractivity contribution in [3.63, 3.8) is 0 Å². The fraction of sp³-hybridized carbons (Fsp3) is 0.278. The topological polar surface area (TPSA) is 35.5 Å².